The summed E-state index contributed by atoms with van der Waals surface area (Å²) in [6.45, 7) is 1.10. The maximum absolute atomic E-state index is 10.8. The van der Waals surface area contributed by atoms with Crippen LogP contribution in [0.3, 0.4) is 0 Å². The number of benzene rings is 1. The van der Waals surface area contributed by atoms with Crippen molar-refractivity contribution in [1.82, 2.24) is 4.72 Å². The van der Waals surface area contributed by atoms with Gasteiger partial charge in [0, 0.05) is 16.7 Å². The molecule has 0 radical (unpaired) electrons. The highest BCUT2D eigenvalue weighted by Gasteiger charge is 2.00. The molecule has 1 aromatic carbocycles. The number of nitrogen functional groups attached to an aromatic ring is 1. The van der Waals surface area contributed by atoms with Crippen molar-refractivity contribution < 1.29 is 8.42 Å². The van der Waals surface area contributed by atoms with Crippen LogP contribution in [0.5, 0.6) is 0 Å². The topological polar surface area (TPSA) is 84.2 Å². The highest BCUT2D eigenvalue weighted by atomic mass is 127. The Kier molecular flexibility index (Phi) is 5.47. The molecule has 0 saturated heterocycles. The lowest BCUT2D eigenvalue weighted by Crippen LogP contribution is -2.24. The number of halogens is 1. The third kappa shape index (κ3) is 6.08. The minimum atomic E-state index is -3.09. The molecule has 0 heterocycles. The summed E-state index contributed by atoms with van der Waals surface area (Å²) in [6.07, 6.45) is 1.86. The lowest BCUT2D eigenvalue weighted by atomic mass is 10.2. The number of hydrogen-bond donors (Lipinski definition) is 3. The van der Waals surface area contributed by atoms with Gasteiger partial charge in [-0.3, -0.25) is 0 Å². The summed E-state index contributed by atoms with van der Waals surface area (Å²) < 4.78 is 25.1. The second kappa shape index (κ2) is 6.41. The van der Waals surface area contributed by atoms with Gasteiger partial charge in [-0.25, -0.2) is 13.1 Å². The van der Waals surface area contributed by atoms with E-state index in [0.717, 1.165) is 15.5 Å². The third-order valence-electron chi connectivity index (χ3n) is 2.05. The Hall–Kier alpha value is -0.540. The van der Waals surface area contributed by atoms with Crippen LogP contribution >= 0.6 is 22.6 Å². The molecule has 0 aliphatic carbocycles. The first-order chi connectivity index (χ1) is 7.88. The Labute approximate surface area is 115 Å². The normalized spacial score (nSPS) is 11.4. The van der Waals surface area contributed by atoms with Crippen LogP contribution in [0, 0.1) is 3.57 Å². The molecule has 0 fully saturated rings. The fraction of sp³-hybridized carbons (Fsp3) is 0.400. The number of sulfonamides is 1. The monoisotopic (exact) mass is 369 g/mol. The van der Waals surface area contributed by atoms with Crippen molar-refractivity contribution in [3.63, 3.8) is 0 Å². The fourth-order valence-corrected chi connectivity index (χ4v) is 2.29. The highest BCUT2D eigenvalue weighted by molar-refractivity contribution is 14.1. The van der Waals surface area contributed by atoms with Gasteiger partial charge in [-0.1, -0.05) is 0 Å². The predicted octanol–water partition coefficient (Wildman–Crippen LogP) is 1.22. The van der Waals surface area contributed by atoms with Crippen molar-refractivity contribution >= 4 is 44.0 Å². The van der Waals surface area contributed by atoms with Crippen molar-refractivity contribution in [2.75, 3.05) is 30.4 Å². The van der Waals surface area contributed by atoms with Crippen LogP contribution in [0.25, 0.3) is 0 Å². The van der Waals surface area contributed by atoms with Gasteiger partial charge in [-0.2, -0.15) is 0 Å². The van der Waals surface area contributed by atoms with E-state index in [1.165, 1.54) is 0 Å². The molecule has 0 bridgehead atoms. The maximum atomic E-state index is 10.8. The minimum Gasteiger partial charge on any atom is -0.397 e. The molecule has 17 heavy (non-hydrogen) atoms. The van der Waals surface area contributed by atoms with E-state index in [1.807, 2.05) is 18.2 Å². The summed E-state index contributed by atoms with van der Waals surface area (Å²) in [5.41, 5.74) is 7.41. The van der Waals surface area contributed by atoms with E-state index >= 15 is 0 Å². The molecule has 0 aromatic heterocycles. The summed E-state index contributed by atoms with van der Waals surface area (Å²) in [6, 6.07) is 5.77. The van der Waals surface area contributed by atoms with Crippen LogP contribution in [0.1, 0.15) is 6.42 Å². The van der Waals surface area contributed by atoms with Gasteiger partial charge in [-0.05, 0) is 47.2 Å². The third-order valence-corrected chi connectivity index (χ3v) is 3.45. The summed E-state index contributed by atoms with van der Waals surface area (Å²) in [7, 11) is -3.09. The second-order valence-electron chi connectivity index (χ2n) is 3.68. The van der Waals surface area contributed by atoms with E-state index in [-0.39, 0.29) is 0 Å². The molecular weight excluding hydrogens is 353 g/mol. The average molecular weight is 369 g/mol. The molecule has 0 amide bonds. The van der Waals surface area contributed by atoms with Gasteiger partial charge < -0.3 is 11.1 Å². The summed E-state index contributed by atoms with van der Waals surface area (Å²) in [5, 5.41) is 3.16. The van der Waals surface area contributed by atoms with Gasteiger partial charge in [0.1, 0.15) is 0 Å². The molecule has 5 nitrogen and oxygen atoms in total. The molecule has 7 heteroatoms. The smallest absolute Gasteiger partial charge is 0.208 e. The van der Waals surface area contributed by atoms with Crippen molar-refractivity contribution in [2.45, 2.75) is 6.42 Å². The molecule has 0 unspecified atom stereocenters. The van der Waals surface area contributed by atoms with Gasteiger partial charge in [0.2, 0.25) is 10.0 Å². The minimum absolute atomic E-state index is 0.427. The average Bonchev–Trinajstić information content (AvgIpc) is 2.18. The van der Waals surface area contributed by atoms with E-state index in [2.05, 4.69) is 32.6 Å². The summed E-state index contributed by atoms with van der Waals surface area (Å²) in [5.74, 6) is 0. The van der Waals surface area contributed by atoms with E-state index in [0.29, 0.717) is 25.2 Å². The Morgan fingerprint density at radius 1 is 1.35 bits per heavy atom. The van der Waals surface area contributed by atoms with Crippen LogP contribution in [0.15, 0.2) is 18.2 Å². The van der Waals surface area contributed by atoms with Crippen molar-refractivity contribution in [3.05, 3.63) is 21.8 Å². The lowest BCUT2D eigenvalue weighted by molar-refractivity contribution is 0.586. The van der Waals surface area contributed by atoms with Crippen molar-refractivity contribution in [2.24, 2.45) is 0 Å². The first-order valence-corrected chi connectivity index (χ1v) is 8.09. The molecule has 1 aromatic rings. The van der Waals surface area contributed by atoms with Crippen LogP contribution < -0.4 is 15.8 Å². The number of nitrogens with one attached hydrogen (secondary N) is 2. The van der Waals surface area contributed by atoms with Gasteiger partial charge >= 0.3 is 0 Å². The number of rotatable bonds is 6. The van der Waals surface area contributed by atoms with Crippen molar-refractivity contribution in [3.8, 4) is 0 Å². The molecule has 0 spiro atoms. The first kappa shape index (κ1) is 14.5. The van der Waals surface area contributed by atoms with E-state index < -0.39 is 10.0 Å². The molecule has 0 aliphatic heterocycles. The number of hydrogen-bond acceptors (Lipinski definition) is 4. The Balaban J connectivity index is 2.32. The van der Waals surface area contributed by atoms with Gasteiger partial charge in [-0.15, -0.1) is 0 Å². The molecule has 0 atom stereocenters. The number of nitrogens with two attached hydrogens (primary N) is 1. The van der Waals surface area contributed by atoms with Gasteiger partial charge in [0.25, 0.3) is 0 Å². The van der Waals surface area contributed by atoms with Gasteiger partial charge in [0.15, 0.2) is 0 Å². The first-order valence-electron chi connectivity index (χ1n) is 5.12. The lowest BCUT2D eigenvalue weighted by Gasteiger charge is -2.09. The van der Waals surface area contributed by atoms with E-state index in [4.69, 9.17) is 5.73 Å². The zero-order chi connectivity index (χ0) is 12.9. The standard InChI is InChI=1S/C10H16IN3O2S/c1-17(15,16)14-6-2-5-13-10-4-3-8(11)7-9(10)12/h3-4,7,13-14H,2,5-6,12H2,1H3. The predicted molar refractivity (Wildman–Crippen MR) is 79.5 cm³/mol. The summed E-state index contributed by atoms with van der Waals surface area (Å²) >= 11 is 2.20. The fourth-order valence-electron chi connectivity index (χ4n) is 1.26. The zero-order valence-corrected chi connectivity index (χ0v) is 12.5. The molecule has 4 N–H and O–H groups in total. The molecular formula is C10H16IN3O2S. The van der Waals surface area contributed by atoms with E-state index in [1.54, 1.807) is 0 Å². The number of anilines is 2. The Morgan fingerprint density at radius 3 is 2.65 bits per heavy atom. The Morgan fingerprint density at radius 2 is 2.06 bits per heavy atom. The molecule has 1 rings (SSSR count). The quantitative estimate of drug-likeness (QED) is 0.400. The van der Waals surface area contributed by atoms with Crippen LogP contribution in [0.2, 0.25) is 0 Å². The van der Waals surface area contributed by atoms with Crippen LogP contribution in [0.4, 0.5) is 11.4 Å². The summed E-state index contributed by atoms with van der Waals surface area (Å²) in [4.78, 5) is 0. The molecule has 0 aliphatic rings. The Bertz CT molecular complexity index is 476. The SMILES string of the molecule is CS(=O)(=O)NCCCNc1ccc(I)cc1N. The highest BCUT2D eigenvalue weighted by Crippen LogP contribution is 2.20. The van der Waals surface area contributed by atoms with Crippen LogP contribution in [-0.4, -0.2) is 27.8 Å². The van der Waals surface area contributed by atoms with E-state index in [9.17, 15) is 8.42 Å². The van der Waals surface area contributed by atoms with Crippen molar-refractivity contribution in [1.29, 1.82) is 0 Å². The zero-order valence-electron chi connectivity index (χ0n) is 9.53. The van der Waals surface area contributed by atoms with Gasteiger partial charge in [0.05, 0.1) is 17.6 Å². The maximum Gasteiger partial charge on any atom is 0.208 e. The molecule has 96 valence electrons. The largest absolute Gasteiger partial charge is 0.397 e. The second-order valence-corrected chi connectivity index (χ2v) is 6.76. The van der Waals surface area contributed by atoms with Crippen LogP contribution in [-0.2, 0) is 10.0 Å². The molecule has 0 saturated carbocycles.